The Bertz CT molecular complexity index is 3990. The maximum absolute atomic E-state index is 9.60. The molecule has 10 rings (SSSR count). The van der Waals surface area contributed by atoms with Gasteiger partial charge in [0.15, 0.2) is 0 Å². The van der Waals surface area contributed by atoms with Gasteiger partial charge in [-0.25, -0.2) is 0 Å². The maximum Gasteiger partial charge on any atom is 0.135 e. The Morgan fingerprint density at radius 2 is 0.979 bits per heavy atom. The lowest BCUT2D eigenvalue weighted by Crippen LogP contribution is -1.92. The molecule has 1 heterocycles. The Morgan fingerprint density at radius 1 is 0.362 bits per heavy atom. The molecule has 0 saturated carbocycles. The third-order valence-corrected chi connectivity index (χ3v) is 8.28. The average molecular weight is 617 g/mol. The fourth-order valence-electron chi connectivity index (χ4n) is 6.21. The fourth-order valence-corrected chi connectivity index (χ4v) is 6.21. The van der Waals surface area contributed by atoms with Crippen LogP contribution in [-0.4, -0.2) is 0 Å². The molecule has 0 unspecified atom stereocenters. The molecule has 1 nitrogen and oxygen atoms in total. The number of benzene rings is 9. The summed E-state index contributed by atoms with van der Waals surface area (Å²) in [5, 5.41) is -0.419. The topological polar surface area (TPSA) is 13.1 Å². The molecule has 218 valence electrons. The van der Waals surface area contributed by atoms with Gasteiger partial charge in [-0.1, -0.05) is 133 Å². The Kier molecular flexibility index (Phi) is 2.87. The lowest BCUT2D eigenvalue weighted by atomic mass is 9.84. The van der Waals surface area contributed by atoms with Crippen molar-refractivity contribution in [2.45, 2.75) is 0 Å². The maximum atomic E-state index is 9.60. The molecule has 0 aliphatic rings. The van der Waals surface area contributed by atoms with Gasteiger partial charge in [0.1, 0.15) is 11.2 Å². The summed E-state index contributed by atoms with van der Waals surface area (Å²) < 4.78 is 182. The highest BCUT2D eigenvalue weighted by Crippen LogP contribution is 2.46. The highest BCUT2D eigenvalue weighted by Gasteiger charge is 2.18. The second-order valence-electron chi connectivity index (χ2n) is 10.9. The molecule has 1 heteroatoms. The minimum Gasteiger partial charge on any atom is -0.456 e. The van der Waals surface area contributed by atoms with Crippen LogP contribution in [0.5, 0.6) is 0 Å². The summed E-state index contributed by atoms with van der Waals surface area (Å²) in [6.45, 7) is 0. The molecule has 47 heavy (non-hydrogen) atoms. The third kappa shape index (κ3) is 4.10. The zero-order chi connectivity index (χ0) is 48.3. The van der Waals surface area contributed by atoms with E-state index in [1.807, 2.05) is 0 Å². The standard InChI is InChI=1S/C46H28O/c1-3-11-31-25-35(19-17-29(31)9-1)45-38-14-5-6-15-39(38)46(36-20-18-30-10-2-4-12-32(30)26-36)42-28-33(21-23-40(42)45)34-22-24-44-41(27-34)37-13-7-8-16-43(37)47-44/h1-28H/i1D,2D,3D,4D,7D,8D,9D,10D,11D,12D,13D,16D,17D,18D,19D,22D,24D,25D,26D,27D. The van der Waals surface area contributed by atoms with Crippen LogP contribution in [0, 0.1) is 0 Å². The van der Waals surface area contributed by atoms with Gasteiger partial charge in [-0.3, -0.25) is 0 Å². The molecule has 1 aromatic heterocycles. The monoisotopic (exact) mass is 616 g/mol. The lowest BCUT2D eigenvalue weighted by molar-refractivity contribution is 0.669. The van der Waals surface area contributed by atoms with Gasteiger partial charge in [0, 0.05) is 10.8 Å². The number of hydrogen-bond acceptors (Lipinski definition) is 1. The molecule has 0 N–H and O–H groups in total. The first-order valence-electron chi connectivity index (χ1n) is 24.6. The van der Waals surface area contributed by atoms with E-state index in [2.05, 4.69) is 0 Å². The first kappa shape index (κ1) is 13.3. The Morgan fingerprint density at radius 3 is 1.79 bits per heavy atom. The SMILES string of the molecule is [2H]c1c([2H])c([2H])c2c(oc3c([2H])c([2H])c(-c4ccc5c(-c6c([2H])c([2H])c7c([2H])c([2H])c([2H])c([2H])c7c6[2H])c6ccccc6c(-c6cc([2H])c7c([2H])c([2H])c([2H])c([2H])c7c6[2H])c5c4)c([2H])c32)c1[2H]. The predicted octanol–water partition coefficient (Wildman–Crippen LogP) is 13.2. The van der Waals surface area contributed by atoms with Crippen molar-refractivity contribution in [2.24, 2.45) is 0 Å². The summed E-state index contributed by atoms with van der Waals surface area (Å²) in [4.78, 5) is 0. The van der Waals surface area contributed by atoms with E-state index >= 15 is 0 Å². The summed E-state index contributed by atoms with van der Waals surface area (Å²) in [7, 11) is 0. The van der Waals surface area contributed by atoms with Gasteiger partial charge >= 0.3 is 0 Å². The number of rotatable bonds is 3. The van der Waals surface area contributed by atoms with E-state index in [1.165, 1.54) is 24.3 Å². The van der Waals surface area contributed by atoms with Crippen LogP contribution in [0.4, 0.5) is 0 Å². The van der Waals surface area contributed by atoms with Gasteiger partial charge in [0.25, 0.3) is 0 Å². The number of para-hydroxylation sites is 1. The second-order valence-corrected chi connectivity index (χ2v) is 10.9. The van der Waals surface area contributed by atoms with Crippen LogP contribution >= 0.6 is 0 Å². The van der Waals surface area contributed by atoms with E-state index in [0.717, 1.165) is 0 Å². The molecular formula is C46H28O. The molecule has 0 bridgehead atoms. The summed E-state index contributed by atoms with van der Waals surface area (Å²) in [6, 6.07) is 1.40. The quantitative estimate of drug-likeness (QED) is 0.180. The van der Waals surface area contributed by atoms with Crippen molar-refractivity contribution >= 4 is 65.0 Å². The minimum absolute atomic E-state index is 0.00378. The molecule has 0 fully saturated rings. The van der Waals surface area contributed by atoms with Crippen LogP contribution in [0.25, 0.3) is 98.4 Å². The van der Waals surface area contributed by atoms with Crippen molar-refractivity contribution in [2.75, 3.05) is 0 Å². The summed E-state index contributed by atoms with van der Waals surface area (Å²) in [6.07, 6.45) is 0. The normalized spacial score (nSPS) is 17.8. The summed E-state index contributed by atoms with van der Waals surface area (Å²) in [5.74, 6) is 0. The van der Waals surface area contributed by atoms with Crippen LogP contribution in [0.3, 0.4) is 0 Å². The number of hydrogen-bond donors (Lipinski definition) is 0. The van der Waals surface area contributed by atoms with Crippen LogP contribution < -0.4 is 0 Å². The summed E-state index contributed by atoms with van der Waals surface area (Å²) in [5.41, 5.74) is -0.554. The Balaban J connectivity index is 1.42. The average Bonchev–Trinajstić information content (AvgIpc) is 3.72. The van der Waals surface area contributed by atoms with Crippen molar-refractivity contribution in [1.82, 2.24) is 0 Å². The van der Waals surface area contributed by atoms with Gasteiger partial charge in [-0.15, -0.1) is 0 Å². The molecule has 0 amide bonds. The van der Waals surface area contributed by atoms with Crippen LogP contribution in [0.15, 0.2) is 174 Å². The van der Waals surface area contributed by atoms with Gasteiger partial charge in [0.05, 0.1) is 27.4 Å². The van der Waals surface area contributed by atoms with Crippen LogP contribution in [0.2, 0.25) is 0 Å². The van der Waals surface area contributed by atoms with Gasteiger partial charge in [0.2, 0.25) is 0 Å². The highest BCUT2D eigenvalue weighted by atomic mass is 16.3. The number of fused-ring (bicyclic) bond motifs is 7. The Hall–Kier alpha value is -6.18. The summed E-state index contributed by atoms with van der Waals surface area (Å²) >= 11 is 0. The highest BCUT2D eigenvalue weighted by molar-refractivity contribution is 6.22. The van der Waals surface area contributed by atoms with Crippen molar-refractivity contribution in [1.29, 1.82) is 0 Å². The van der Waals surface area contributed by atoms with Crippen LogP contribution in [0.1, 0.15) is 27.4 Å². The van der Waals surface area contributed by atoms with Gasteiger partial charge < -0.3 is 4.42 Å². The predicted molar refractivity (Wildman–Crippen MR) is 200 cm³/mol. The van der Waals surface area contributed by atoms with Gasteiger partial charge in [-0.2, -0.15) is 0 Å². The van der Waals surface area contributed by atoms with E-state index < -0.39 is 115 Å². The Labute approximate surface area is 300 Å². The first-order chi connectivity index (χ1) is 31.6. The van der Waals surface area contributed by atoms with E-state index in [9.17, 15) is 6.85 Å². The zero-order valence-corrected chi connectivity index (χ0v) is 24.0. The molecule has 0 aliphatic carbocycles. The number of furan rings is 1. The molecule has 9 aromatic carbocycles. The molecule has 0 spiro atoms. The van der Waals surface area contributed by atoms with Crippen LogP contribution in [-0.2, 0) is 0 Å². The van der Waals surface area contributed by atoms with E-state index in [-0.39, 0.29) is 93.7 Å². The largest absolute Gasteiger partial charge is 0.456 e. The molecule has 0 aliphatic heterocycles. The molecule has 0 atom stereocenters. The molecule has 10 aromatic rings. The van der Waals surface area contributed by atoms with E-state index in [1.54, 1.807) is 24.3 Å². The molecule has 0 radical (unpaired) electrons. The third-order valence-electron chi connectivity index (χ3n) is 8.28. The zero-order valence-electron chi connectivity index (χ0n) is 44.0. The van der Waals surface area contributed by atoms with Crippen molar-refractivity contribution in [3.8, 4) is 33.4 Å². The van der Waals surface area contributed by atoms with Gasteiger partial charge in [-0.05, 0) is 113 Å². The fraction of sp³-hybridized carbons (Fsp3) is 0. The van der Waals surface area contributed by atoms with Crippen molar-refractivity contribution in [3.05, 3.63) is 169 Å². The van der Waals surface area contributed by atoms with E-state index in [4.69, 9.17) is 25.0 Å². The lowest BCUT2D eigenvalue weighted by Gasteiger charge is -2.19. The second kappa shape index (κ2) is 10.2. The smallest absolute Gasteiger partial charge is 0.135 e. The first-order valence-corrected chi connectivity index (χ1v) is 14.6. The van der Waals surface area contributed by atoms with Crippen molar-refractivity contribution < 1.29 is 31.8 Å². The molecule has 0 saturated heterocycles. The molecular weight excluding hydrogens is 569 g/mol. The minimum atomic E-state index is -0.656. The van der Waals surface area contributed by atoms with Crippen molar-refractivity contribution in [3.63, 3.8) is 0 Å². The van der Waals surface area contributed by atoms with E-state index in [0.29, 0.717) is 10.8 Å².